The van der Waals surface area contributed by atoms with Crippen LogP contribution in [-0.2, 0) is 16.0 Å². The van der Waals surface area contributed by atoms with E-state index in [0.717, 1.165) is 43.4 Å². The molecule has 5 heteroatoms. The van der Waals surface area contributed by atoms with E-state index in [1.54, 1.807) is 6.07 Å². The second kappa shape index (κ2) is 7.32. The molecule has 0 bridgehead atoms. The summed E-state index contributed by atoms with van der Waals surface area (Å²) < 4.78 is 13.8. The van der Waals surface area contributed by atoms with E-state index in [0.29, 0.717) is 19.4 Å². The summed E-state index contributed by atoms with van der Waals surface area (Å²) in [6.45, 7) is 3.25. The van der Waals surface area contributed by atoms with Crippen molar-refractivity contribution < 1.29 is 14.0 Å². The van der Waals surface area contributed by atoms with Gasteiger partial charge in [0, 0.05) is 19.5 Å². The third-order valence-corrected chi connectivity index (χ3v) is 5.14. The summed E-state index contributed by atoms with van der Waals surface area (Å²) in [4.78, 5) is 26.5. The average Bonchev–Trinajstić information content (AvgIpc) is 2.99. The quantitative estimate of drug-likeness (QED) is 0.921. The van der Waals surface area contributed by atoms with Crippen LogP contribution >= 0.6 is 0 Å². The largest absolute Gasteiger partial charge is 0.349 e. The predicted octanol–water partition coefficient (Wildman–Crippen LogP) is 2.97. The van der Waals surface area contributed by atoms with Gasteiger partial charge in [-0.05, 0) is 49.3 Å². The van der Waals surface area contributed by atoms with Crippen LogP contribution in [0.5, 0.6) is 0 Å². The van der Waals surface area contributed by atoms with Crippen molar-refractivity contribution in [3.05, 3.63) is 35.1 Å². The first-order chi connectivity index (χ1) is 11.6. The summed E-state index contributed by atoms with van der Waals surface area (Å²) in [6.07, 6.45) is 4.46. The second-order valence-electron chi connectivity index (χ2n) is 6.84. The molecule has 1 aliphatic heterocycles. The highest BCUT2D eigenvalue weighted by molar-refractivity contribution is 5.81. The highest BCUT2D eigenvalue weighted by atomic mass is 19.1. The minimum atomic E-state index is -0.182. The first-order valence-corrected chi connectivity index (χ1v) is 8.95. The molecule has 1 N–H and O–H groups in total. The molecule has 1 aromatic rings. The number of fused-ring (bicyclic) bond motifs is 1. The summed E-state index contributed by atoms with van der Waals surface area (Å²) >= 11 is 0. The maximum absolute atomic E-state index is 13.8. The van der Waals surface area contributed by atoms with Gasteiger partial charge >= 0.3 is 0 Å². The van der Waals surface area contributed by atoms with Gasteiger partial charge in [-0.2, -0.15) is 0 Å². The van der Waals surface area contributed by atoms with Gasteiger partial charge in [0.15, 0.2) is 0 Å². The highest BCUT2D eigenvalue weighted by Gasteiger charge is 2.31. The topological polar surface area (TPSA) is 49.4 Å². The van der Waals surface area contributed by atoms with Gasteiger partial charge in [-0.1, -0.05) is 19.1 Å². The maximum Gasteiger partial charge on any atom is 0.225 e. The number of piperidine rings is 1. The van der Waals surface area contributed by atoms with E-state index in [-0.39, 0.29) is 29.6 Å². The van der Waals surface area contributed by atoms with Gasteiger partial charge in [0.25, 0.3) is 0 Å². The van der Waals surface area contributed by atoms with Crippen LogP contribution in [0.15, 0.2) is 18.2 Å². The van der Waals surface area contributed by atoms with Gasteiger partial charge in [-0.25, -0.2) is 4.39 Å². The zero-order valence-electron chi connectivity index (χ0n) is 14.2. The van der Waals surface area contributed by atoms with Crippen LogP contribution < -0.4 is 5.32 Å². The van der Waals surface area contributed by atoms with E-state index >= 15 is 0 Å². The van der Waals surface area contributed by atoms with Gasteiger partial charge in [-0.15, -0.1) is 0 Å². The number of likely N-dealkylation sites (tertiary alicyclic amines) is 1. The average molecular weight is 332 g/mol. The summed E-state index contributed by atoms with van der Waals surface area (Å²) in [5, 5.41) is 3.08. The lowest BCUT2D eigenvalue weighted by molar-refractivity contribution is -0.136. The van der Waals surface area contributed by atoms with Crippen molar-refractivity contribution in [1.29, 1.82) is 0 Å². The van der Waals surface area contributed by atoms with Crippen molar-refractivity contribution in [2.45, 2.75) is 51.5 Å². The van der Waals surface area contributed by atoms with Crippen LogP contribution in [0.3, 0.4) is 0 Å². The monoisotopic (exact) mass is 332 g/mol. The Morgan fingerprint density at radius 3 is 2.96 bits per heavy atom. The van der Waals surface area contributed by atoms with Crippen LogP contribution in [0.1, 0.15) is 56.2 Å². The zero-order chi connectivity index (χ0) is 17.1. The Morgan fingerprint density at radius 1 is 1.33 bits per heavy atom. The first-order valence-electron chi connectivity index (χ1n) is 8.95. The van der Waals surface area contributed by atoms with E-state index in [2.05, 4.69) is 5.32 Å². The van der Waals surface area contributed by atoms with Gasteiger partial charge < -0.3 is 10.2 Å². The van der Waals surface area contributed by atoms with Gasteiger partial charge in [0.1, 0.15) is 5.82 Å². The number of benzene rings is 1. The molecule has 2 amide bonds. The Bertz CT molecular complexity index is 632. The number of amides is 2. The fourth-order valence-corrected chi connectivity index (χ4v) is 3.84. The van der Waals surface area contributed by atoms with E-state index in [4.69, 9.17) is 0 Å². The Morgan fingerprint density at radius 2 is 2.17 bits per heavy atom. The Labute approximate surface area is 142 Å². The first kappa shape index (κ1) is 16.9. The molecule has 0 radical (unpaired) electrons. The molecule has 1 aromatic carbocycles. The number of hydrogen-bond acceptors (Lipinski definition) is 2. The summed E-state index contributed by atoms with van der Waals surface area (Å²) in [5.41, 5.74) is 1.63. The number of halogens is 1. The molecule has 1 fully saturated rings. The van der Waals surface area contributed by atoms with Crippen molar-refractivity contribution in [3.8, 4) is 0 Å². The molecule has 0 aromatic heterocycles. The zero-order valence-corrected chi connectivity index (χ0v) is 14.2. The summed E-state index contributed by atoms with van der Waals surface area (Å²) in [7, 11) is 0. The van der Waals surface area contributed by atoms with Crippen molar-refractivity contribution in [3.63, 3.8) is 0 Å². The van der Waals surface area contributed by atoms with E-state index < -0.39 is 0 Å². The van der Waals surface area contributed by atoms with E-state index in [9.17, 15) is 14.0 Å². The number of nitrogens with one attached hydrogen (secondary N) is 1. The third-order valence-electron chi connectivity index (χ3n) is 5.14. The lowest BCUT2D eigenvalue weighted by atomic mass is 9.96. The van der Waals surface area contributed by atoms with Crippen LogP contribution in [0.25, 0.3) is 0 Å². The molecule has 1 saturated heterocycles. The van der Waals surface area contributed by atoms with E-state index in [1.165, 1.54) is 6.07 Å². The smallest absolute Gasteiger partial charge is 0.225 e. The van der Waals surface area contributed by atoms with Crippen LogP contribution in [0.2, 0.25) is 0 Å². The standard InChI is InChI=1S/C19H25FN2O2/c1-2-5-18(23)22-11-4-6-13(12-22)19(24)21-17-10-9-14-15(17)7-3-8-16(14)20/h3,7-8,13,17H,2,4-6,9-12H2,1H3,(H,21,24). The van der Waals surface area contributed by atoms with Crippen molar-refractivity contribution in [2.24, 2.45) is 5.92 Å². The molecule has 4 nitrogen and oxygen atoms in total. The molecule has 2 atom stereocenters. The predicted molar refractivity (Wildman–Crippen MR) is 89.8 cm³/mol. The minimum Gasteiger partial charge on any atom is -0.349 e. The molecule has 0 saturated carbocycles. The van der Waals surface area contributed by atoms with Gasteiger partial charge in [0.2, 0.25) is 11.8 Å². The van der Waals surface area contributed by atoms with Crippen LogP contribution in [0.4, 0.5) is 4.39 Å². The fraction of sp³-hybridized carbons (Fsp3) is 0.579. The second-order valence-corrected chi connectivity index (χ2v) is 6.84. The van der Waals surface area contributed by atoms with Crippen molar-refractivity contribution in [1.82, 2.24) is 10.2 Å². The Kier molecular flexibility index (Phi) is 5.17. The number of carbonyl (C=O) groups is 2. The molecule has 130 valence electrons. The maximum atomic E-state index is 13.8. The SMILES string of the molecule is CCCC(=O)N1CCCC(C(=O)NC2CCc3c(F)cccc32)C1. The number of hydrogen-bond donors (Lipinski definition) is 1. The van der Waals surface area contributed by atoms with Crippen LogP contribution in [0, 0.1) is 11.7 Å². The van der Waals surface area contributed by atoms with Gasteiger partial charge in [0.05, 0.1) is 12.0 Å². The minimum absolute atomic E-state index is 0.00823. The van der Waals surface area contributed by atoms with Gasteiger partial charge in [-0.3, -0.25) is 9.59 Å². The molecule has 1 heterocycles. The molecule has 2 unspecified atom stereocenters. The Balaban J connectivity index is 1.62. The van der Waals surface area contributed by atoms with Crippen molar-refractivity contribution >= 4 is 11.8 Å². The number of rotatable bonds is 4. The molecule has 3 rings (SSSR count). The summed E-state index contributed by atoms with van der Waals surface area (Å²) in [5.74, 6) is -0.204. The van der Waals surface area contributed by atoms with E-state index in [1.807, 2.05) is 17.9 Å². The summed E-state index contributed by atoms with van der Waals surface area (Å²) in [6, 6.07) is 4.96. The van der Waals surface area contributed by atoms with Crippen molar-refractivity contribution in [2.75, 3.05) is 13.1 Å². The molecule has 0 spiro atoms. The molecular weight excluding hydrogens is 307 g/mol. The molecule has 24 heavy (non-hydrogen) atoms. The lowest BCUT2D eigenvalue weighted by Crippen LogP contribution is -2.45. The number of nitrogens with zero attached hydrogens (tertiary/aromatic N) is 1. The molecular formula is C19H25FN2O2. The van der Waals surface area contributed by atoms with Crippen LogP contribution in [-0.4, -0.2) is 29.8 Å². The fourth-order valence-electron chi connectivity index (χ4n) is 3.84. The molecule has 2 aliphatic rings. The third kappa shape index (κ3) is 3.45. The number of carbonyl (C=O) groups excluding carboxylic acids is 2. The highest BCUT2D eigenvalue weighted by Crippen LogP contribution is 2.33. The normalized spacial score (nSPS) is 23.0. The lowest BCUT2D eigenvalue weighted by Gasteiger charge is -2.32. The molecule has 1 aliphatic carbocycles. The Hall–Kier alpha value is -1.91.